The Kier molecular flexibility index (Phi) is 4.17. The molecule has 3 rings (SSSR count). The summed E-state index contributed by atoms with van der Waals surface area (Å²) in [6.45, 7) is 0.730. The first-order valence-electron chi connectivity index (χ1n) is 6.69. The number of nitrogens with one attached hydrogen (secondary N) is 1. The number of nitrogens with zero attached hydrogens (tertiary/aromatic N) is 2. The predicted molar refractivity (Wildman–Crippen MR) is 83.4 cm³/mol. The second-order valence-corrected chi connectivity index (χ2v) is 4.94. The van der Waals surface area contributed by atoms with E-state index in [1.165, 1.54) is 0 Å². The van der Waals surface area contributed by atoms with Crippen LogP contribution in [0.1, 0.15) is 5.89 Å². The quantitative estimate of drug-likeness (QED) is 0.772. The minimum absolute atomic E-state index is 0.523. The van der Waals surface area contributed by atoms with Gasteiger partial charge >= 0.3 is 0 Å². The van der Waals surface area contributed by atoms with Crippen molar-refractivity contribution in [1.29, 1.82) is 0 Å². The van der Waals surface area contributed by atoms with Crippen molar-refractivity contribution in [2.24, 2.45) is 0 Å². The van der Waals surface area contributed by atoms with Crippen LogP contribution in [0.25, 0.3) is 11.4 Å². The second kappa shape index (κ2) is 6.41. The van der Waals surface area contributed by atoms with E-state index in [0.29, 0.717) is 23.2 Å². The fourth-order valence-corrected chi connectivity index (χ4v) is 2.20. The first-order valence-corrected chi connectivity index (χ1v) is 7.07. The van der Waals surface area contributed by atoms with Crippen molar-refractivity contribution >= 4 is 17.3 Å². The van der Waals surface area contributed by atoms with Gasteiger partial charge in [0.05, 0.1) is 5.02 Å². The second-order valence-electron chi connectivity index (χ2n) is 4.53. The molecule has 21 heavy (non-hydrogen) atoms. The molecule has 106 valence electrons. The highest BCUT2D eigenvalue weighted by Crippen LogP contribution is 2.24. The predicted octanol–water partition coefficient (Wildman–Crippen LogP) is 4.04. The number of hydrogen-bond acceptors (Lipinski definition) is 4. The minimum atomic E-state index is 0.523. The van der Waals surface area contributed by atoms with E-state index >= 15 is 0 Å². The lowest BCUT2D eigenvalue weighted by atomic mass is 10.2. The highest BCUT2D eigenvalue weighted by Gasteiger charge is 2.10. The van der Waals surface area contributed by atoms with E-state index in [0.717, 1.165) is 17.8 Å². The molecule has 0 atom stereocenters. The number of rotatable bonds is 5. The summed E-state index contributed by atoms with van der Waals surface area (Å²) >= 11 is 6.12. The number of halogens is 1. The molecule has 1 heterocycles. The number of benzene rings is 2. The lowest BCUT2D eigenvalue weighted by molar-refractivity contribution is 0.381. The third kappa shape index (κ3) is 3.41. The van der Waals surface area contributed by atoms with Crippen LogP contribution in [-0.4, -0.2) is 16.7 Å². The number of hydrogen-bond donors (Lipinski definition) is 1. The van der Waals surface area contributed by atoms with E-state index in [9.17, 15) is 0 Å². The van der Waals surface area contributed by atoms with Gasteiger partial charge in [-0.1, -0.05) is 47.1 Å². The molecule has 0 fully saturated rings. The van der Waals surface area contributed by atoms with Gasteiger partial charge < -0.3 is 9.84 Å². The molecule has 1 aromatic heterocycles. The topological polar surface area (TPSA) is 51.0 Å². The molecule has 0 radical (unpaired) electrons. The summed E-state index contributed by atoms with van der Waals surface area (Å²) in [7, 11) is 0. The van der Waals surface area contributed by atoms with Gasteiger partial charge in [-0.15, -0.1) is 0 Å². The summed E-state index contributed by atoms with van der Waals surface area (Å²) in [5.74, 6) is 1.11. The van der Waals surface area contributed by atoms with Crippen LogP contribution in [0, 0.1) is 0 Å². The average Bonchev–Trinajstić information content (AvgIpc) is 2.97. The van der Waals surface area contributed by atoms with Gasteiger partial charge in [-0.25, -0.2) is 0 Å². The molecular weight excluding hydrogens is 286 g/mol. The van der Waals surface area contributed by atoms with Crippen LogP contribution in [0.5, 0.6) is 0 Å². The molecule has 0 saturated carbocycles. The zero-order valence-electron chi connectivity index (χ0n) is 11.3. The van der Waals surface area contributed by atoms with Crippen LogP contribution in [-0.2, 0) is 6.42 Å². The summed E-state index contributed by atoms with van der Waals surface area (Å²) in [6, 6.07) is 17.5. The molecule has 3 aromatic rings. The smallest absolute Gasteiger partial charge is 0.228 e. The van der Waals surface area contributed by atoms with E-state index < -0.39 is 0 Å². The summed E-state index contributed by atoms with van der Waals surface area (Å²) in [5.41, 5.74) is 1.86. The Labute approximate surface area is 127 Å². The molecule has 0 aliphatic heterocycles. The maximum atomic E-state index is 6.12. The highest BCUT2D eigenvalue weighted by atomic mass is 35.5. The maximum absolute atomic E-state index is 6.12. The molecule has 0 aliphatic rings. The van der Waals surface area contributed by atoms with Crippen LogP contribution in [0.3, 0.4) is 0 Å². The highest BCUT2D eigenvalue weighted by molar-refractivity contribution is 6.33. The Morgan fingerprint density at radius 2 is 1.76 bits per heavy atom. The summed E-state index contributed by atoms with van der Waals surface area (Å²) in [4.78, 5) is 4.37. The molecule has 5 heteroatoms. The zero-order chi connectivity index (χ0) is 14.5. The third-order valence-electron chi connectivity index (χ3n) is 3.02. The standard InChI is InChI=1S/C16H14ClN3O/c17-14-9-5-4-8-13(14)16-19-15(21-20-16)10-11-18-12-6-2-1-3-7-12/h1-9,18H,10-11H2. The molecule has 0 aliphatic carbocycles. The fraction of sp³-hybridized carbons (Fsp3) is 0.125. The Morgan fingerprint density at radius 3 is 2.57 bits per heavy atom. The van der Waals surface area contributed by atoms with E-state index in [1.54, 1.807) is 0 Å². The molecule has 0 spiro atoms. The van der Waals surface area contributed by atoms with Crippen LogP contribution < -0.4 is 5.32 Å². The lowest BCUT2D eigenvalue weighted by Gasteiger charge is -2.02. The number of para-hydroxylation sites is 1. The van der Waals surface area contributed by atoms with Gasteiger partial charge in [-0.05, 0) is 24.3 Å². The van der Waals surface area contributed by atoms with Crippen molar-refractivity contribution in [3.8, 4) is 11.4 Å². The lowest BCUT2D eigenvalue weighted by Crippen LogP contribution is -2.04. The number of anilines is 1. The van der Waals surface area contributed by atoms with E-state index in [1.807, 2.05) is 54.6 Å². The van der Waals surface area contributed by atoms with Crippen molar-refractivity contribution in [3.05, 3.63) is 65.5 Å². The molecule has 0 unspecified atom stereocenters. The Bertz CT molecular complexity index is 712. The van der Waals surface area contributed by atoms with Gasteiger partial charge in [0.15, 0.2) is 0 Å². The zero-order valence-corrected chi connectivity index (χ0v) is 12.0. The van der Waals surface area contributed by atoms with Crippen molar-refractivity contribution in [2.45, 2.75) is 6.42 Å². The fourth-order valence-electron chi connectivity index (χ4n) is 1.98. The van der Waals surface area contributed by atoms with Crippen LogP contribution in [0.2, 0.25) is 5.02 Å². The van der Waals surface area contributed by atoms with E-state index in [-0.39, 0.29) is 0 Å². The maximum Gasteiger partial charge on any atom is 0.228 e. The molecule has 0 bridgehead atoms. The van der Waals surface area contributed by atoms with Gasteiger partial charge in [0.25, 0.3) is 0 Å². The summed E-state index contributed by atoms with van der Waals surface area (Å²) < 4.78 is 5.25. The van der Waals surface area contributed by atoms with Gasteiger partial charge in [0.1, 0.15) is 0 Å². The van der Waals surface area contributed by atoms with Crippen molar-refractivity contribution in [2.75, 3.05) is 11.9 Å². The number of aromatic nitrogens is 2. The SMILES string of the molecule is Clc1ccccc1-c1noc(CCNc2ccccc2)n1. The molecular formula is C16H14ClN3O. The summed E-state index contributed by atoms with van der Waals surface area (Å²) in [5, 5.41) is 7.89. The van der Waals surface area contributed by atoms with Crippen LogP contribution >= 0.6 is 11.6 Å². The molecule has 1 N–H and O–H groups in total. The molecule has 4 nitrogen and oxygen atoms in total. The van der Waals surface area contributed by atoms with Crippen LogP contribution in [0.15, 0.2) is 59.1 Å². The molecule has 0 amide bonds. The van der Waals surface area contributed by atoms with Crippen molar-refractivity contribution in [1.82, 2.24) is 10.1 Å². The minimum Gasteiger partial charge on any atom is -0.385 e. The van der Waals surface area contributed by atoms with Crippen molar-refractivity contribution in [3.63, 3.8) is 0 Å². The van der Waals surface area contributed by atoms with E-state index in [4.69, 9.17) is 16.1 Å². The Balaban J connectivity index is 1.62. The third-order valence-corrected chi connectivity index (χ3v) is 3.35. The van der Waals surface area contributed by atoms with Crippen LogP contribution in [0.4, 0.5) is 5.69 Å². The van der Waals surface area contributed by atoms with Crippen molar-refractivity contribution < 1.29 is 4.52 Å². The van der Waals surface area contributed by atoms with Gasteiger partial charge in [-0.2, -0.15) is 4.98 Å². The monoisotopic (exact) mass is 299 g/mol. The normalized spacial score (nSPS) is 10.5. The van der Waals surface area contributed by atoms with Gasteiger partial charge in [0.2, 0.25) is 11.7 Å². The Morgan fingerprint density at radius 1 is 1.00 bits per heavy atom. The molecule has 2 aromatic carbocycles. The molecule has 0 saturated heterocycles. The van der Waals surface area contributed by atoms with Gasteiger partial charge in [-0.3, -0.25) is 0 Å². The first-order chi connectivity index (χ1) is 10.3. The average molecular weight is 300 g/mol. The summed E-state index contributed by atoms with van der Waals surface area (Å²) in [6.07, 6.45) is 0.659. The first kappa shape index (κ1) is 13.6. The largest absolute Gasteiger partial charge is 0.385 e. The van der Waals surface area contributed by atoms with Gasteiger partial charge in [0, 0.05) is 24.2 Å². The van der Waals surface area contributed by atoms with E-state index in [2.05, 4.69) is 15.5 Å². The Hall–Kier alpha value is -2.33.